The molecule has 1 aliphatic rings. The van der Waals surface area contributed by atoms with Crippen LogP contribution in [0.15, 0.2) is 24.3 Å². The molecule has 1 aromatic rings. The summed E-state index contributed by atoms with van der Waals surface area (Å²) in [6, 6.07) is 8.97. The molecule has 2 nitrogen and oxygen atoms in total. The molecule has 0 bridgehead atoms. The molecule has 0 unspecified atom stereocenters. The van der Waals surface area contributed by atoms with Gasteiger partial charge in [0, 0.05) is 23.3 Å². The van der Waals surface area contributed by atoms with Gasteiger partial charge in [0.05, 0.1) is 0 Å². The van der Waals surface area contributed by atoms with Crippen LogP contribution in [0.5, 0.6) is 0 Å². The van der Waals surface area contributed by atoms with Crippen molar-refractivity contribution < 1.29 is 0 Å². The van der Waals surface area contributed by atoms with E-state index in [1.807, 2.05) is 18.2 Å². The van der Waals surface area contributed by atoms with Crippen molar-refractivity contribution in [2.24, 2.45) is 5.73 Å². The monoisotopic (exact) mass is 214 g/mol. The van der Waals surface area contributed by atoms with Crippen molar-refractivity contribution in [1.29, 1.82) is 0 Å². The highest BCUT2D eigenvalue weighted by Crippen LogP contribution is 2.21. The first-order chi connectivity index (χ1) is 7.78. The van der Waals surface area contributed by atoms with Crippen LogP contribution in [-0.2, 0) is 0 Å². The topological polar surface area (TPSA) is 38.0 Å². The van der Waals surface area contributed by atoms with Gasteiger partial charge in [-0.05, 0) is 43.9 Å². The molecule has 0 amide bonds. The summed E-state index contributed by atoms with van der Waals surface area (Å²) < 4.78 is 0. The molecule has 2 heteroatoms. The van der Waals surface area contributed by atoms with Crippen molar-refractivity contribution in [3.8, 4) is 12.3 Å². The molecule has 16 heavy (non-hydrogen) atoms. The summed E-state index contributed by atoms with van der Waals surface area (Å²) in [7, 11) is 0. The molecule has 0 heterocycles. The Balaban J connectivity index is 1.96. The number of nitrogens with two attached hydrogens (primary N) is 1. The van der Waals surface area contributed by atoms with Gasteiger partial charge in [-0.15, -0.1) is 6.42 Å². The molecule has 0 aliphatic heterocycles. The maximum absolute atomic E-state index is 5.88. The lowest BCUT2D eigenvalue weighted by atomic mass is 9.91. The third-order valence-corrected chi connectivity index (χ3v) is 3.17. The van der Waals surface area contributed by atoms with Crippen LogP contribution < -0.4 is 11.1 Å². The molecule has 0 spiro atoms. The second-order valence-electron chi connectivity index (χ2n) is 4.48. The summed E-state index contributed by atoms with van der Waals surface area (Å²) in [6.07, 6.45) is 9.92. The summed E-state index contributed by atoms with van der Waals surface area (Å²) in [6.45, 7) is 0. The summed E-state index contributed by atoms with van der Waals surface area (Å²) in [5.74, 6) is 2.65. The Labute approximate surface area is 97.2 Å². The van der Waals surface area contributed by atoms with E-state index in [9.17, 15) is 0 Å². The summed E-state index contributed by atoms with van der Waals surface area (Å²) in [5.41, 5.74) is 7.93. The van der Waals surface area contributed by atoms with E-state index < -0.39 is 0 Å². The second kappa shape index (κ2) is 5.05. The lowest BCUT2D eigenvalue weighted by Gasteiger charge is -2.27. The lowest BCUT2D eigenvalue weighted by Crippen LogP contribution is -2.32. The summed E-state index contributed by atoms with van der Waals surface area (Å²) in [5, 5.41) is 3.52. The van der Waals surface area contributed by atoms with Gasteiger partial charge >= 0.3 is 0 Å². The number of hydrogen-bond acceptors (Lipinski definition) is 2. The Morgan fingerprint density at radius 1 is 1.25 bits per heavy atom. The standard InChI is InChI=1S/C14H18N2/c1-2-11-4-3-5-14(10-11)16-13-8-6-12(15)7-9-13/h1,3-5,10,12-13,16H,6-9,15H2. The summed E-state index contributed by atoms with van der Waals surface area (Å²) >= 11 is 0. The minimum Gasteiger partial charge on any atom is -0.382 e. The van der Waals surface area contributed by atoms with Gasteiger partial charge in [0.1, 0.15) is 0 Å². The van der Waals surface area contributed by atoms with Crippen LogP contribution in [0.4, 0.5) is 5.69 Å². The van der Waals surface area contributed by atoms with Crippen LogP contribution in [0, 0.1) is 12.3 Å². The molecule has 0 aromatic heterocycles. The fourth-order valence-electron chi connectivity index (χ4n) is 2.20. The molecule has 2 rings (SSSR count). The van der Waals surface area contributed by atoms with Crippen LogP contribution in [-0.4, -0.2) is 12.1 Å². The number of nitrogens with one attached hydrogen (secondary N) is 1. The number of terminal acetylenes is 1. The first-order valence-electron chi connectivity index (χ1n) is 5.87. The number of hydrogen-bond donors (Lipinski definition) is 2. The van der Waals surface area contributed by atoms with Crippen LogP contribution in [0.25, 0.3) is 0 Å². The van der Waals surface area contributed by atoms with Crippen LogP contribution in [0.2, 0.25) is 0 Å². The Hall–Kier alpha value is -1.46. The Kier molecular flexibility index (Phi) is 3.48. The van der Waals surface area contributed by atoms with Crippen molar-refractivity contribution in [3.05, 3.63) is 29.8 Å². The molecular weight excluding hydrogens is 196 g/mol. The zero-order valence-electron chi connectivity index (χ0n) is 9.45. The molecule has 0 atom stereocenters. The van der Waals surface area contributed by atoms with Gasteiger partial charge in [0.15, 0.2) is 0 Å². The van der Waals surface area contributed by atoms with Crippen molar-refractivity contribution >= 4 is 5.69 Å². The average molecular weight is 214 g/mol. The molecular formula is C14H18N2. The van der Waals surface area contributed by atoms with E-state index in [2.05, 4.69) is 17.3 Å². The Bertz CT molecular complexity index is 384. The maximum Gasteiger partial charge on any atom is 0.0354 e. The van der Waals surface area contributed by atoms with E-state index in [0.717, 1.165) is 36.9 Å². The van der Waals surface area contributed by atoms with E-state index in [4.69, 9.17) is 12.2 Å². The molecule has 1 aliphatic carbocycles. The quantitative estimate of drug-likeness (QED) is 0.742. The van der Waals surface area contributed by atoms with Gasteiger partial charge in [0.25, 0.3) is 0 Å². The predicted octanol–water partition coefficient (Wildman–Crippen LogP) is 2.35. The van der Waals surface area contributed by atoms with Gasteiger partial charge in [-0.2, -0.15) is 0 Å². The largest absolute Gasteiger partial charge is 0.382 e. The molecule has 0 radical (unpaired) electrons. The Morgan fingerprint density at radius 3 is 2.69 bits per heavy atom. The third-order valence-electron chi connectivity index (χ3n) is 3.17. The highest BCUT2D eigenvalue weighted by molar-refractivity contribution is 5.50. The first kappa shape index (κ1) is 11.0. The number of anilines is 1. The van der Waals surface area contributed by atoms with Gasteiger partial charge < -0.3 is 11.1 Å². The van der Waals surface area contributed by atoms with Crippen molar-refractivity contribution in [1.82, 2.24) is 0 Å². The van der Waals surface area contributed by atoms with Crippen molar-refractivity contribution in [2.75, 3.05) is 5.32 Å². The highest BCUT2D eigenvalue weighted by atomic mass is 14.9. The average Bonchev–Trinajstić information content (AvgIpc) is 2.32. The molecule has 0 saturated heterocycles. The molecule has 3 N–H and O–H groups in total. The zero-order chi connectivity index (χ0) is 11.4. The van der Waals surface area contributed by atoms with E-state index in [0.29, 0.717) is 12.1 Å². The minimum absolute atomic E-state index is 0.398. The Morgan fingerprint density at radius 2 is 2.00 bits per heavy atom. The first-order valence-corrected chi connectivity index (χ1v) is 5.87. The predicted molar refractivity (Wildman–Crippen MR) is 68.2 cm³/mol. The molecule has 1 saturated carbocycles. The SMILES string of the molecule is C#Cc1cccc(NC2CCC(N)CC2)c1. The highest BCUT2D eigenvalue weighted by Gasteiger charge is 2.17. The zero-order valence-corrected chi connectivity index (χ0v) is 9.45. The third kappa shape index (κ3) is 2.77. The smallest absolute Gasteiger partial charge is 0.0354 e. The lowest BCUT2D eigenvalue weighted by molar-refractivity contribution is 0.411. The van der Waals surface area contributed by atoms with Gasteiger partial charge in [-0.1, -0.05) is 12.0 Å². The number of benzene rings is 1. The molecule has 1 aromatic carbocycles. The molecule has 84 valence electrons. The van der Waals surface area contributed by atoms with E-state index >= 15 is 0 Å². The summed E-state index contributed by atoms with van der Waals surface area (Å²) in [4.78, 5) is 0. The van der Waals surface area contributed by atoms with E-state index in [-0.39, 0.29) is 0 Å². The van der Waals surface area contributed by atoms with E-state index in [1.54, 1.807) is 0 Å². The van der Waals surface area contributed by atoms with E-state index in [1.165, 1.54) is 0 Å². The maximum atomic E-state index is 5.88. The van der Waals surface area contributed by atoms with Crippen LogP contribution in [0.3, 0.4) is 0 Å². The molecule has 1 fully saturated rings. The van der Waals surface area contributed by atoms with Gasteiger partial charge in [-0.3, -0.25) is 0 Å². The fraction of sp³-hybridized carbons (Fsp3) is 0.429. The fourth-order valence-corrected chi connectivity index (χ4v) is 2.20. The minimum atomic E-state index is 0.398. The van der Waals surface area contributed by atoms with Crippen LogP contribution >= 0.6 is 0 Å². The van der Waals surface area contributed by atoms with Crippen molar-refractivity contribution in [2.45, 2.75) is 37.8 Å². The van der Waals surface area contributed by atoms with Gasteiger partial charge in [0.2, 0.25) is 0 Å². The number of rotatable bonds is 2. The second-order valence-corrected chi connectivity index (χ2v) is 4.48. The van der Waals surface area contributed by atoms with Crippen LogP contribution in [0.1, 0.15) is 31.2 Å². The normalized spacial score (nSPS) is 24.8. The van der Waals surface area contributed by atoms with Crippen molar-refractivity contribution in [3.63, 3.8) is 0 Å². The van der Waals surface area contributed by atoms with Gasteiger partial charge in [-0.25, -0.2) is 0 Å².